The molecule has 5 nitrogen and oxygen atoms in total. The van der Waals surface area contributed by atoms with Crippen LogP contribution < -0.4 is 0 Å². The fraction of sp³-hybridized carbons (Fsp3) is 0.500. The predicted molar refractivity (Wildman–Crippen MR) is 91.2 cm³/mol. The average molecular weight is 383 g/mol. The molecule has 2 aliphatic carbocycles. The molecule has 8 heteroatoms. The van der Waals surface area contributed by atoms with Crippen LogP contribution in [-0.2, 0) is 14.0 Å². The summed E-state index contributed by atoms with van der Waals surface area (Å²) in [5, 5.41) is 19.0. The Hall–Kier alpha value is -1.60. The maximum atomic E-state index is 12.8. The molecule has 126 valence electrons. The van der Waals surface area contributed by atoms with Crippen LogP contribution in [0.15, 0.2) is 21.4 Å². The second-order valence-corrected chi connectivity index (χ2v) is 12.0. The van der Waals surface area contributed by atoms with Crippen molar-refractivity contribution in [3.8, 4) is 12.1 Å². The summed E-state index contributed by atoms with van der Waals surface area (Å²) in [7, 11) is -2.22. The molecule has 0 radical (unpaired) electrons. The van der Waals surface area contributed by atoms with E-state index in [1.165, 1.54) is 0 Å². The van der Waals surface area contributed by atoms with Gasteiger partial charge < -0.3 is 4.43 Å². The summed E-state index contributed by atoms with van der Waals surface area (Å²) >= 11 is 12.2. The predicted octanol–water partition coefficient (Wildman–Crippen LogP) is 3.77. The van der Waals surface area contributed by atoms with Crippen molar-refractivity contribution in [2.24, 2.45) is 11.3 Å². The summed E-state index contributed by atoms with van der Waals surface area (Å²) in [4.78, 5) is 25.1. The number of ketones is 2. The second kappa shape index (κ2) is 6.37. The van der Waals surface area contributed by atoms with Crippen LogP contribution in [0.2, 0.25) is 19.6 Å². The maximum absolute atomic E-state index is 12.8. The van der Waals surface area contributed by atoms with Crippen LogP contribution in [0.4, 0.5) is 0 Å². The molecule has 2 atom stereocenters. The first kappa shape index (κ1) is 18.7. The minimum absolute atomic E-state index is 0.0378. The molecule has 2 rings (SSSR count). The van der Waals surface area contributed by atoms with Gasteiger partial charge in [-0.15, -0.1) is 0 Å². The molecule has 0 N–H and O–H groups in total. The third-order valence-corrected chi connectivity index (χ3v) is 5.73. The molecule has 0 bridgehead atoms. The molecule has 2 unspecified atom stereocenters. The minimum atomic E-state index is -2.22. The summed E-state index contributed by atoms with van der Waals surface area (Å²) in [5.41, 5.74) is -2.15. The number of allylic oxidation sites excluding steroid dienone is 3. The fourth-order valence-electron chi connectivity index (χ4n) is 3.11. The molecule has 0 spiro atoms. The van der Waals surface area contributed by atoms with E-state index in [2.05, 4.69) is 0 Å². The molecule has 0 aromatic carbocycles. The minimum Gasteiger partial charge on any atom is -0.543 e. The van der Waals surface area contributed by atoms with Gasteiger partial charge in [0.2, 0.25) is 14.1 Å². The highest BCUT2D eigenvalue weighted by Crippen LogP contribution is 2.51. The molecule has 1 saturated carbocycles. The first-order chi connectivity index (χ1) is 11.1. The highest BCUT2D eigenvalue weighted by Gasteiger charge is 2.58. The van der Waals surface area contributed by atoms with Gasteiger partial charge in [-0.25, -0.2) is 0 Å². The quantitative estimate of drug-likeness (QED) is 0.692. The molecular weight excluding hydrogens is 367 g/mol. The lowest BCUT2D eigenvalue weighted by atomic mass is 9.65. The van der Waals surface area contributed by atoms with Crippen LogP contribution in [0.1, 0.15) is 19.3 Å². The van der Waals surface area contributed by atoms with Crippen molar-refractivity contribution in [2.75, 3.05) is 0 Å². The van der Waals surface area contributed by atoms with E-state index >= 15 is 0 Å². The van der Waals surface area contributed by atoms with Crippen molar-refractivity contribution in [1.82, 2.24) is 0 Å². The Kier molecular flexibility index (Phi) is 4.97. The number of carbonyl (C=O) groups excluding carboxylic acids is 2. The SMILES string of the molecule is C[Si](C)(C)OC1=C(C#N)C(C#N)(C2CCCC2=O)C(=O)C(Cl)=C1Cl. The lowest BCUT2D eigenvalue weighted by Crippen LogP contribution is -2.45. The molecule has 0 aromatic heterocycles. The topological polar surface area (TPSA) is 90.9 Å². The number of hydrogen-bond donors (Lipinski definition) is 0. The normalized spacial score (nSPS) is 28.0. The molecule has 1 fully saturated rings. The zero-order valence-electron chi connectivity index (χ0n) is 13.6. The van der Waals surface area contributed by atoms with Crippen molar-refractivity contribution >= 4 is 43.1 Å². The standard InChI is InChI=1S/C16H16Cl2N2O3Si/c1-24(2,3)23-14-10(7-19)16(8-20,9-5-4-6-11(9)21)15(22)13(18)12(14)17/h9H,4-6H2,1-3H3. The van der Waals surface area contributed by atoms with Crippen LogP contribution in [-0.4, -0.2) is 19.9 Å². The van der Waals surface area contributed by atoms with Gasteiger partial charge in [-0.2, -0.15) is 10.5 Å². The van der Waals surface area contributed by atoms with Gasteiger partial charge in [-0.1, -0.05) is 23.2 Å². The number of nitriles is 2. The van der Waals surface area contributed by atoms with Crippen molar-refractivity contribution in [1.29, 1.82) is 10.5 Å². The molecule has 0 aliphatic heterocycles. The first-order valence-corrected chi connectivity index (χ1v) is 11.6. The summed E-state index contributed by atoms with van der Waals surface area (Å²) in [5.74, 6) is -1.95. The Balaban J connectivity index is 2.79. The number of nitrogens with zero attached hydrogens (tertiary/aromatic N) is 2. The number of halogens is 2. The van der Waals surface area contributed by atoms with Gasteiger partial charge >= 0.3 is 0 Å². The van der Waals surface area contributed by atoms with Gasteiger partial charge in [0.05, 0.1) is 6.07 Å². The van der Waals surface area contributed by atoms with E-state index in [9.17, 15) is 20.1 Å². The molecule has 24 heavy (non-hydrogen) atoms. The van der Waals surface area contributed by atoms with Gasteiger partial charge in [-0.3, -0.25) is 9.59 Å². The zero-order chi connectivity index (χ0) is 18.3. The van der Waals surface area contributed by atoms with E-state index in [0.717, 1.165) is 0 Å². The Morgan fingerprint density at radius 1 is 1.21 bits per heavy atom. The molecule has 0 aromatic rings. The highest BCUT2D eigenvalue weighted by molar-refractivity contribution is 6.70. The van der Waals surface area contributed by atoms with Crippen molar-refractivity contribution in [3.63, 3.8) is 0 Å². The van der Waals surface area contributed by atoms with E-state index in [-0.39, 0.29) is 33.6 Å². The Labute approximate surface area is 151 Å². The molecular formula is C16H16Cl2N2O3Si. The van der Waals surface area contributed by atoms with Gasteiger partial charge in [0.1, 0.15) is 33.2 Å². The maximum Gasteiger partial charge on any atom is 0.242 e. The van der Waals surface area contributed by atoms with E-state index in [1.54, 1.807) is 0 Å². The van der Waals surface area contributed by atoms with Gasteiger partial charge in [0, 0.05) is 12.3 Å². The fourth-order valence-corrected chi connectivity index (χ4v) is 4.44. The number of rotatable bonds is 3. The van der Waals surface area contributed by atoms with E-state index < -0.39 is 25.4 Å². The summed E-state index contributed by atoms with van der Waals surface area (Å²) in [6.45, 7) is 5.62. The molecule has 0 heterocycles. The molecule has 0 amide bonds. The number of hydrogen-bond acceptors (Lipinski definition) is 5. The lowest BCUT2D eigenvalue weighted by molar-refractivity contribution is -0.130. The van der Waals surface area contributed by atoms with Gasteiger partial charge in [-0.05, 0) is 32.5 Å². The Morgan fingerprint density at radius 2 is 1.83 bits per heavy atom. The smallest absolute Gasteiger partial charge is 0.242 e. The zero-order valence-corrected chi connectivity index (χ0v) is 16.1. The van der Waals surface area contributed by atoms with Crippen LogP contribution in [0.3, 0.4) is 0 Å². The number of carbonyl (C=O) groups is 2. The monoisotopic (exact) mass is 382 g/mol. The Morgan fingerprint density at radius 3 is 2.25 bits per heavy atom. The van der Waals surface area contributed by atoms with E-state index in [1.807, 2.05) is 31.8 Å². The van der Waals surface area contributed by atoms with Crippen LogP contribution in [0.5, 0.6) is 0 Å². The van der Waals surface area contributed by atoms with Crippen LogP contribution >= 0.6 is 23.2 Å². The van der Waals surface area contributed by atoms with Crippen molar-refractivity contribution in [2.45, 2.75) is 38.9 Å². The summed E-state index contributed by atoms with van der Waals surface area (Å²) in [6.07, 6.45) is 1.20. The molecule has 2 aliphatic rings. The largest absolute Gasteiger partial charge is 0.543 e. The molecule has 0 saturated heterocycles. The average Bonchev–Trinajstić information content (AvgIpc) is 2.93. The summed E-state index contributed by atoms with van der Waals surface area (Å²) < 4.78 is 5.87. The third kappa shape index (κ3) is 2.80. The van der Waals surface area contributed by atoms with Crippen molar-refractivity contribution < 1.29 is 14.0 Å². The first-order valence-electron chi connectivity index (χ1n) is 7.48. The lowest BCUT2D eigenvalue weighted by Gasteiger charge is -2.35. The number of Topliss-reactive ketones (excluding diaryl/α,β-unsaturated/α-hetero) is 2. The van der Waals surface area contributed by atoms with Gasteiger partial charge in [0.25, 0.3) is 0 Å². The van der Waals surface area contributed by atoms with E-state index in [0.29, 0.717) is 12.8 Å². The third-order valence-electron chi connectivity index (χ3n) is 4.09. The Bertz CT molecular complexity index is 768. The summed E-state index contributed by atoms with van der Waals surface area (Å²) in [6, 6.07) is 3.82. The van der Waals surface area contributed by atoms with Crippen molar-refractivity contribution in [3.05, 3.63) is 21.4 Å². The second-order valence-electron chi connectivity index (χ2n) is 6.82. The van der Waals surface area contributed by atoms with E-state index in [4.69, 9.17) is 27.6 Å². The van der Waals surface area contributed by atoms with Crippen LogP contribution in [0, 0.1) is 34.0 Å². The van der Waals surface area contributed by atoms with Crippen LogP contribution in [0.25, 0.3) is 0 Å². The van der Waals surface area contributed by atoms with Gasteiger partial charge in [0.15, 0.2) is 5.41 Å². The highest BCUT2D eigenvalue weighted by atomic mass is 35.5.